The first kappa shape index (κ1) is 95.1. The Morgan fingerprint density at radius 1 is 0.289 bits per heavy atom. The zero-order chi connectivity index (χ0) is 71.7. The molecule has 0 aliphatic carbocycles. The zero-order valence-corrected chi connectivity index (χ0v) is 65.5. The number of rotatable bonds is 75. The summed E-state index contributed by atoms with van der Waals surface area (Å²) in [6, 6.07) is 0. The third-order valence-electron chi connectivity index (χ3n) is 18.4. The molecule has 0 heterocycles. The molecule has 19 heteroatoms. The summed E-state index contributed by atoms with van der Waals surface area (Å²) in [6.45, 7) is 14.2. The molecule has 0 aliphatic heterocycles. The highest BCUT2D eigenvalue weighted by Gasteiger charge is 2.30. The van der Waals surface area contributed by atoms with Gasteiger partial charge in [-0.15, -0.1) is 0 Å². The molecule has 0 radical (unpaired) electrons. The summed E-state index contributed by atoms with van der Waals surface area (Å²) in [4.78, 5) is 72.9. The molecule has 576 valence electrons. The molecule has 0 rings (SSSR count). The second kappa shape index (κ2) is 67.2. The van der Waals surface area contributed by atoms with Crippen LogP contribution in [0.2, 0.25) is 0 Å². The fourth-order valence-electron chi connectivity index (χ4n) is 11.9. The molecule has 0 aromatic rings. The molecule has 0 saturated carbocycles. The molecular formula is C78H152O17P2. The van der Waals surface area contributed by atoms with Gasteiger partial charge in [-0.2, -0.15) is 0 Å². The van der Waals surface area contributed by atoms with E-state index in [1.807, 2.05) is 0 Å². The number of hydrogen-bond acceptors (Lipinski definition) is 15. The minimum atomic E-state index is -4.96. The second-order valence-corrected chi connectivity index (χ2v) is 32.7. The molecule has 0 aromatic heterocycles. The summed E-state index contributed by atoms with van der Waals surface area (Å²) in [7, 11) is -9.92. The van der Waals surface area contributed by atoms with Gasteiger partial charge in [0.1, 0.15) is 19.3 Å². The van der Waals surface area contributed by atoms with Gasteiger partial charge in [-0.3, -0.25) is 37.3 Å². The van der Waals surface area contributed by atoms with Crippen molar-refractivity contribution in [2.24, 2.45) is 23.7 Å². The van der Waals surface area contributed by atoms with Crippen molar-refractivity contribution in [1.82, 2.24) is 0 Å². The van der Waals surface area contributed by atoms with E-state index in [0.29, 0.717) is 31.6 Å². The van der Waals surface area contributed by atoms with E-state index in [1.165, 1.54) is 193 Å². The fraction of sp³-hybridized carbons (Fsp3) is 0.949. The number of aliphatic hydroxyl groups is 1. The number of carbonyl (C=O) groups excluding carboxylic acids is 4. The van der Waals surface area contributed by atoms with Crippen LogP contribution in [0.25, 0.3) is 0 Å². The Labute approximate surface area is 594 Å². The first-order chi connectivity index (χ1) is 46.6. The quantitative estimate of drug-likeness (QED) is 0.0222. The Bertz CT molecular complexity index is 1900. The first-order valence-electron chi connectivity index (χ1n) is 40.2. The van der Waals surface area contributed by atoms with E-state index in [-0.39, 0.29) is 25.7 Å². The maximum absolute atomic E-state index is 13.1. The van der Waals surface area contributed by atoms with Gasteiger partial charge in [0.15, 0.2) is 12.2 Å². The standard InChI is InChI=1S/C78H152O17P2/c1-9-71(8)57-49-41-33-25-21-22-26-34-42-50-58-75(80)88-64-73(94-78(83)61-53-45-36-28-20-16-18-24-31-39-47-55-69(4)5)66-92-96(84,85)90-62-72(79)63-91-97(86,87)93-67-74(65-89-76(81)59-51-43-37-29-32-40-48-56-70(6)7)95-77(82)60-52-44-35-27-19-15-13-11-10-12-14-17-23-30-38-46-54-68(2)3/h68-74,79H,9-67H2,1-8H3,(H,84,85)(H,86,87)/t71?,72?,73-,74-/m1/s1. The van der Waals surface area contributed by atoms with Gasteiger partial charge < -0.3 is 33.8 Å². The van der Waals surface area contributed by atoms with Crippen LogP contribution in [0, 0.1) is 23.7 Å². The maximum Gasteiger partial charge on any atom is 0.472 e. The smallest absolute Gasteiger partial charge is 0.462 e. The molecule has 0 fully saturated rings. The molecule has 0 saturated heterocycles. The topological polar surface area (TPSA) is 237 Å². The fourth-order valence-corrected chi connectivity index (χ4v) is 13.5. The highest BCUT2D eigenvalue weighted by atomic mass is 31.2. The number of carbonyl (C=O) groups is 4. The number of phosphoric ester groups is 2. The minimum Gasteiger partial charge on any atom is -0.462 e. The molecule has 3 N–H and O–H groups in total. The number of esters is 4. The van der Waals surface area contributed by atoms with E-state index < -0.39 is 97.5 Å². The van der Waals surface area contributed by atoms with Crippen LogP contribution >= 0.6 is 15.6 Å². The number of phosphoric acid groups is 2. The minimum absolute atomic E-state index is 0.106. The van der Waals surface area contributed by atoms with E-state index in [9.17, 15) is 43.2 Å². The van der Waals surface area contributed by atoms with Crippen molar-refractivity contribution in [2.75, 3.05) is 39.6 Å². The summed E-state index contributed by atoms with van der Waals surface area (Å²) in [5.41, 5.74) is 0. The predicted molar refractivity (Wildman–Crippen MR) is 395 cm³/mol. The molecular weight excluding hydrogens is 1270 g/mol. The van der Waals surface area contributed by atoms with Gasteiger partial charge in [-0.05, 0) is 49.4 Å². The lowest BCUT2D eigenvalue weighted by molar-refractivity contribution is -0.161. The van der Waals surface area contributed by atoms with Crippen molar-refractivity contribution in [1.29, 1.82) is 0 Å². The zero-order valence-electron chi connectivity index (χ0n) is 63.7. The van der Waals surface area contributed by atoms with Crippen LogP contribution in [-0.4, -0.2) is 96.7 Å². The van der Waals surface area contributed by atoms with Gasteiger partial charge in [-0.25, -0.2) is 9.13 Å². The lowest BCUT2D eigenvalue weighted by Crippen LogP contribution is -2.30. The van der Waals surface area contributed by atoms with E-state index in [2.05, 4.69) is 55.4 Å². The first-order valence-corrected chi connectivity index (χ1v) is 43.2. The molecule has 0 amide bonds. The van der Waals surface area contributed by atoms with Gasteiger partial charge >= 0.3 is 39.5 Å². The summed E-state index contributed by atoms with van der Waals surface area (Å²) in [5.74, 6) is 0.970. The Morgan fingerprint density at radius 2 is 0.495 bits per heavy atom. The predicted octanol–water partition coefficient (Wildman–Crippen LogP) is 22.8. The SMILES string of the molecule is CCC(C)CCCCCCCCCCCCC(=O)OC[C@H](COP(=O)(O)OCC(O)COP(=O)(O)OC[C@@H](COC(=O)CCCCCCCCCC(C)C)OC(=O)CCCCCCCCCCCCCCCCCCC(C)C)OC(=O)CCCCCCCCCCCCCC(C)C. The molecule has 17 nitrogen and oxygen atoms in total. The average molecular weight is 1420 g/mol. The number of aliphatic hydroxyl groups excluding tert-OH is 1. The number of hydrogen-bond donors (Lipinski definition) is 3. The van der Waals surface area contributed by atoms with Crippen molar-refractivity contribution in [2.45, 2.75) is 414 Å². The largest absolute Gasteiger partial charge is 0.472 e. The Hall–Kier alpha value is -1.94. The third kappa shape index (κ3) is 70.9. The normalized spacial score (nSPS) is 14.4. The lowest BCUT2D eigenvalue weighted by Gasteiger charge is -2.21. The molecule has 0 aromatic carbocycles. The molecule has 0 bridgehead atoms. The summed E-state index contributed by atoms with van der Waals surface area (Å²) in [5, 5.41) is 10.6. The van der Waals surface area contributed by atoms with E-state index in [1.54, 1.807) is 0 Å². The molecule has 97 heavy (non-hydrogen) atoms. The van der Waals surface area contributed by atoms with E-state index >= 15 is 0 Å². The molecule has 0 spiro atoms. The van der Waals surface area contributed by atoms with E-state index in [0.717, 1.165) is 114 Å². The number of unbranched alkanes of at least 4 members (excludes halogenated alkanes) is 40. The maximum atomic E-state index is 13.1. The third-order valence-corrected chi connectivity index (χ3v) is 20.3. The van der Waals surface area contributed by atoms with Crippen molar-refractivity contribution >= 4 is 39.5 Å². The van der Waals surface area contributed by atoms with Gasteiger partial charge in [0.05, 0.1) is 26.4 Å². The number of ether oxygens (including phenoxy) is 4. The Kier molecular flexibility index (Phi) is 65.9. The Morgan fingerprint density at radius 3 is 0.732 bits per heavy atom. The molecule has 6 atom stereocenters. The van der Waals surface area contributed by atoms with Crippen molar-refractivity contribution in [3.63, 3.8) is 0 Å². The van der Waals surface area contributed by atoms with Gasteiger partial charge in [0.25, 0.3) is 0 Å². The van der Waals surface area contributed by atoms with Gasteiger partial charge in [0, 0.05) is 25.7 Å². The van der Waals surface area contributed by atoms with Crippen LogP contribution in [0.3, 0.4) is 0 Å². The van der Waals surface area contributed by atoms with Crippen LogP contribution in [0.4, 0.5) is 0 Å². The molecule has 0 aliphatic rings. The van der Waals surface area contributed by atoms with Crippen molar-refractivity contribution in [3.8, 4) is 0 Å². The van der Waals surface area contributed by atoms with Crippen LogP contribution in [0.1, 0.15) is 396 Å². The van der Waals surface area contributed by atoms with Crippen molar-refractivity contribution in [3.05, 3.63) is 0 Å². The highest BCUT2D eigenvalue weighted by Crippen LogP contribution is 2.45. The Balaban J connectivity index is 5.23. The van der Waals surface area contributed by atoms with E-state index in [4.69, 9.17) is 37.0 Å². The van der Waals surface area contributed by atoms with Gasteiger partial charge in [-0.1, -0.05) is 344 Å². The average Bonchev–Trinajstić information content (AvgIpc) is 1.37. The van der Waals surface area contributed by atoms with Crippen LogP contribution in [0.5, 0.6) is 0 Å². The van der Waals surface area contributed by atoms with Crippen LogP contribution in [0.15, 0.2) is 0 Å². The summed E-state index contributed by atoms with van der Waals surface area (Å²) < 4.78 is 68.6. The second-order valence-electron chi connectivity index (χ2n) is 29.8. The summed E-state index contributed by atoms with van der Waals surface area (Å²) >= 11 is 0. The highest BCUT2D eigenvalue weighted by molar-refractivity contribution is 7.47. The lowest BCUT2D eigenvalue weighted by atomic mass is 9.99. The summed E-state index contributed by atoms with van der Waals surface area (Å²) in [6.07, 6.45) is 52.7. The van der Waals surface area contributed by atoms with Crippen LogP contribution < -0.4 is 0 Å². The van der Waals surface area contributed by atoms with Gasteiger partial charge in [0.2, 0.25) is 0 Å². The molecule has 4 unspecified atom stereocenters. The van der Waals surface area contributed by atoms with Crippen LogP contribution in [-0.2, 0) is 65.4 Å². The monoisotopic (exact) mass is 1420 g/mol. The van der Waals surface area contributed by atoms with Crippen molar-refractivity contribution < 1.29 is 80.2 Å².